The quantitative estimate of drug-likeness (QED) is 0.230. The van der Waals surface area contributed by atoms with Crippen LogP contribution in [-0.4, -0.2) is 72.9 Å². The Morgan fingerprint density at radius 2 is 1.93 bits per heavy atom. The number of ether oxygens (including phenoxy) is 1. The van der Waals surface area contributed by atoms with Gasteiger partial charge in [-0.1, -0.05) is 37.0 Å². The van der Waals surface area contributed by atoms with Crippen molar-refractivity contribution >= 4 is 51.7 Å². The van der Waals surface area contributed by atoms with Gasteiger partial charge in [-0.3, -0.25) is 24.5 Å². The third-order valence-electron chi connectivity index (χ3n) is 7.08. The van der Waals surface area contributed by atoms with Crippen LogP contribution in [0.4, 0.5) is 16.2 Å². The molecule has 0 radical (unpaired) electrons. The minimum absolute atomic E-state index is 0.0116. The molecule has 1 amide bonds. The first-order valence-corrected chi connectivity index (χ1v) is 14.2. The third-order valence-corrected chi connectivity index (χ3v) is 7.76. The van der Waals surface area contributed by atoms with Crippen molar-refractivity contribution in [3.8, 4) is 5.69 Å². The van der Waals surface area contributed by atoms with Crippen LogP contribution in [0.3, 0.4) is 0 Å². The number of rotatable bonds is 5. The second-order valence-corrected chi connectivity index (χ2v) is 12.5. The molecule has 42 heavy (non-hydrogen) atoms. The fraction of sp³-hybridized carbons (Fsp3) is 0.500. The number of aromatic nitrogens is 3. The Bertz CT molecular complexity index is 1620. The number of halogens is 2. The summed E-state index contributed by atoms with van der Waals surface area (Å²) in [6.07, 6.45) is 1.03. The van der Waals surface area contributed by atoms with Crippen LogP contribution in [0.1, 0.15) is 58.7 Å². The molecule has 226 valence electrons. The van der Waals surface area contributed by atoms with Gasteiger partial charge in [-0.05, 0) is 58.2 Å². The van der Waals surface area contributed by atoms with Crippen LogP contribution in [0.5, 0.6) is 0 Å². The first kappa shape index (κ1) is 31.5. The van der Waals surface area contributed by atoms with Crippen LogP contribution in [0, 0.1) is 17.0 Å². The summed E-state index contributed by atoms with van der Waals surface area (Å²) in [6.45, 7) is 12.1. The molecule has 2 atom stereocenters. The molecule has 14 heteroatoms. The van der Waals surface area contributed by atoms with E-state index in [2.05, 4.69) is 9.97 Å². The van der Waals surface area contributed by atoms with Gasteiger partial charge in [0.15, 0.2) is 5.65 Å². The van der Waals surface area contributed by atoms with E-state index in [1.54, 1.807) is 51.8 Å². The maximum Gasteiger partial charge on any atom is 0.410 e. The smallest absolute Gasteiger partial charge is 0.410 e. The number of hydrogen-bond acceptors (Lipinski definition) is 9. The second kappa shape index (κ2) is 11.7. The van der Waals surface area contributed by atoms with E-state index in [1.807, 2.05) is 13.8 Å². The van der Waals surface area contributed by atoms with Gasteiger partial charge in [0.05, 0.1) is 39.4 Å². The van der Waals surface area contributed by atoms with E-state index in [9.17, 15) is 24.8 Å². The van der Waals surface area contributed by atoms with Crippen LogP contribution in [0.15, 0.2) is 23.1 Å². The minimum Gasteiger partial charge on any atom is -0.444 e. The Morgan fingerprint density at radius 1 is 1.26 bits per heavy atom. The molecule has 0 aromatic carbocycles. The highest BCUT2D eigenvalue weighted by atomic mass is 35.5. The number of anilines is 1. The molecule has 1 N–H and O–H groups in total. The number of carbonyl (C=O) groups is 1. The van der Waals surface area contributed by atoms with Gasteiger partial charge in [-0.25, -0.2) is 9.78 Å². The summed E-state index contributed by atoms with van der Waals surface area (Å²) in [5.41, 5.74) is -0.867. The number of nitro groups is 1. The summed E-state index contributed by atoms with van der Waals surface area (Å²) in [5.74, 6) is -0.135. The zero-order valence-electron chi connectivity index (χ0n) is 24.5. The van der Waals surface area contributed by atoms with E-state index >= 15 is 0 Å². The molecule has 0 spiro atoms. The summed E-state index contributed by atoms with van der Waals surface area (Å²) in [4.78, 5) is 51.1. The number of nitrogens with zero attached hydrogens (tertiary/aromatic N) is 6. The molecular formula is C28H34Cl2N6O6. The number of aryl methyl sites for hydroxylation is 1. The Kier molecular flexibility index (Phi) is 8.73. The fourth-order valence-electron chi connectivity index (χ4n) is 5.22. The number of carbonyl (C=O) groups excluding carboxylic acids is 1. The average Bonchev–Trinajstić information content (AvgIpc) is 2.88. The van der Waals surface area contributed by atoms with Gasteiger partial charge in [0.25, 0.3) is 0 Å². The van der Waals surface area contributed by atoms with Crippen molar-refractivity contribution in [1.82, 2.24) is 19.4 Å². The predicted octanol–water partition coefficient (Wildman–Crippen LogP) is 5.23. The van der Waals surface area contributed by atoms with Gasteiger partial charge >= 0.3 is 17.3 Å². The molecule has 1 aliphatic rings. The monoisotopic (exact) mass is 620 g/mol. The lowest BCUT2D eigenvalue weighted by molar-refractivity contribution is -0.385. The molecule has 12 nitrogen and oxygen atoms in total. The van der Waals surface area contributed by atoms with Crippen molar-refractivity contribution < 1.29 is 19.6 Å². The van der Waals surface area contributed by atoms with E-state index in [0.29, 0.717) is 16.9 Å². The summed E-state index contributed by atoms with van der Waals surface area (Å²) in [7, 11) is 0. The van der Waals surface area contributed by atoms with Crippen molar-refractivity contribution in [2.45, 2.75) is 72.1 Å². The highest BCUT2D eigenvalue weighted by Crippen LogP contribution is 2.40. The highest BCUT2D eigenvalue weighted by Gasteiger charge is 2.41. The largest absolute Gasteiger partial charge is 0.444 e. The Balaban J connectivity index is 2.04. The first-order chi connectivity index (χ1) is 19.6. The molecule has 0 unspecified atom stereocenters. The molecule has 4 heterocycles. The zero-order chi connectivity index (χ0) is 31.3. The van der Waals surface area contributed by atoms with Crippen molar-refractivity contribution in [2.75, 3.05) is 24.6 Å². The van der Waals surface area contributed by atoms with Crippen molar-refractivity contribution in [3.63, 3.8) is 0 Å². The topological polar surface area (TPSA) is 144 Å². The standard InChI is InChI=1S/C28H34Cl2N6O6/c1-14(2)20-21(15(3)8-9-31-20)35-25-18(10-19(29)24(30)32-25)22(23(26(35)38)36(40)41)34-11-16(4)33(12-17(34)13-37)27(39)42-28(5,6)7/h8-10,14,16-17,37H,11-13H2,1-7H3/t16-,17-/m1/s1. The second-order valence-electron chi connectivity index (χ2n) is 11.7. The van der Waals surface area contributed by atoms with E-state index in [4.69, 9.17) is 27.9 Å². The van der Waals surface area contributed by atoms with E-state index < -0.39 is 46.6 Å². The summed E-state index contributed by atoms with van der Waals surface area (Å²) in [6, 6.07) is 1.83. The number of piperazine rings is 1. The van der Waals surface area contributed by atoms with Crippen LogP contribution in [-0.2, 0) is 4.74 Å². The summed E-state index contributed by atoms with van der Waals surface area (Å²) >= 11 is 12.8. The minimum atomic E-state index is -0.940. The fourth-order valence-corrected chi connectivity index (χ4v) is 5.51. The van der Waals surface area contributed by atoms with Gasteiger partial charge in [0, 0.05) is 25.3 Å². The van der Waals surface area contributed by atoms with Crippen molar-refractivity contribution in [1.29, 1.82) is 0 Å². The number of pyridine rings is 3. The SMILES string of the molecule is Cc1ccnc(C(C)C)c1-n1c(=O)c([N+](=O)[O-])c(N2C[C@@H](C)N(C(=O)OC(C)(C)C)C[C@@H]2CO)c2cc(Cl)c(Cl)nc21. The number of amides is 1. The molecule has 1 fully saturated rings. The molecule has 3 aromatic heterocycles. The Hall–Kier alpha value is -3.48. The number of fused-ring (bicyclic) bond motifs is 1. The molecule has 0 bridgehead atoms. The number of hydrogen-bond donors (Lipinski definition) is 1. The van der Waals surface area contributed by atoms with Crippen LogP contribution in [0.2, 0.25) is 10.2 Å². The molecule has 4 rings (SSSR count). The lowest BCUT2D eigenvalue weighted by atomic mass is 10.0. The van der Waals surface area contributed by atoms with E-state index in [-0.39, 0.29) is 45.9 Å². The predicted molar refractivity (Wildman–Crippen MR) is 161 cm³/mol. The molecular weight excluding hydrogens is 587 g/mol. The Morgan fingerprint density at radius 3 is 2.50 bits per heavy atom. The van der Waals surface area contributed by atoms with E-state index in [1.165, 1.54) is 15.5 Å². The number of aliphatic hydroxyl groups excluding tert-OH is 1. The van der Waals surface area contributed by atoms with E-state index in [0.717, 1.165) is 0 Å². The van der Waals surface area contributed by atoms with Crippen LogP contribution < -0.4 is 10.5 Å². The van der Waals surface area contributed by atoms with Gasteiger partial charge < -0.3 is 19.6 Å². The van der Waals surface area contributed by atoms with Crippen LogP contribution in [0.25, 0.3) is 16.7 Å². The van der Waals surface area contributed by atoms with Crippen molar-refractivity contribution in [2.24, 2.45) is 0 Å². The molecule has 0 aliphatic carbocycles. The van der Waals surface area contributed by atoms with Gasteiger partial charge in [0.2, 0.25) is 0 Å². The highest BCUT2D eigenvalue weighted by molar-refractivity contribution is 6.41. The first-order valence-electron chi connectivity index (χ1n) is 13.5. The molecule has 0 saturated carbocycles. The molecule has 3 aromatic rings. The maximum atomic E-state index is 14.2. The Labute approximate surface area is 253 Å². The summed E-state index contributed by atoms with van der Waals surface area (Å²) in [5, 5.41) is 23.2. The average molecular weight is 622 g/mol. The maximum absolute atomic E-state index is 14.2. The zero-order valence-corrected chi connectivity index (χ0v) is 26.0. The third kappa shape index (κ3) is 5.75. The molecule has 1 aliphatic heterocycles. The van der Waals surface area contributed by atoms with Gasteiger partial charge in [0.1, 0.15) is 16.4 Å². The van der Waals surface area contributed by atoms with Crippen molar-refractivity contribution in [3.05, 3.63) is 60.2 Å². The number of aliphatic hydroxyl groups is 1. The normalized spacial score (nSPS) is 17.7. The van der Waals surface area contributed by atoms with Gasteiger partial charge in [-0.2, -0.15) is 0 Å². The van der Waals surface area contributed by atoms with Crippen LogP contribution >= 0.6 is 23.2 Å². The molecule has 1 saturated heterocycles. The van der Waals surface area contributed by atoms with Gasteiger partial charge in [-0.15, -0.1) is 0 Å². The lowest BCUT2D eigenvalue weighted by Crippen LogP contribution is -2.61. The summed E-state index contributed by atoms with van der Waals surface area (Å²) < 4.78 is 6.72. The lowest BCUT2D eigenvalue weighted by Gasteiger charge is -2.45.